The molecule has 8 heteroatoms. The SMILES string of the molecule is CNC(=O)NC(=O)[C@@H](C)N[C@@H](c1cccc(C(F)(F)F)c1)C1CC1. The second-order valence-corrected chi connectivity index (χ2v) is 5.90. The molecule has 5 nitrogen and oxygen atoms in total. The monoisotopic (exact) mass is 343 g/mol. The Labute approximate surface area is 138 Å². The van der Waals surface area contributed by atoms with Gasteiger partial charge in [0.1, 0.15) is 0 Å². The Bertz CT molecular complexity index is 615. The van der Waals surface area contributed by atoms with Gasteiger partial charge >= 0.3 is 12.2 Å². The standard InChI is InChI=1S/C16H20F3N3O2/c1-9(14(23)22-15(24)20-2)21-13(10-6-7-10)11-4-3-5-12(8-11)16(17,18)19/h3-5,8-10,13,21H,6-7H2,1-2H3,(H2,20,22,23,24)/t9-,13-/m1/s1. The van der Waals surface area contributed by atoms with Crippen molar-refractivity contribution in [1.29, 1.82) is 0 Å². The molecular weight excluding hydrogens is 323 g/mol. The van der Waals surface area contributed by atoms with Crippen LogP contribution in [0.25, 0.3) is 0 Å². The third-order valence-electron chi connectivity index (χ3n) is 3.95. The van der Waals surface area contributed by atoms with Crippen LogP contribution in [0.2, 0.25) is 0 Å². The number of hydrogen-bond donors (Lipinski definition) is 3. The molecule has 0 spiro atoms. The number of hydrogen-bond acceptors (Lipinski definition) is 3. The Morgan fingerprint density at radius 2 is 1.92 bits per heavy atom. The maximum Gasteiger partial charge on any atom is 0.416 e. The Morgan fingerprint density at radius 1 is 1.25 bits per heavy atom. The van der Waals surface area contributed by atoms with E-state index in [1.165, 1.54) is 13.1 Å². The number of urea groups is 1. The molecule has 1 aromatic rings. The smallest absolute Gasteiger partial charge is 0.341 e. The van der Waals surface area contributed by atoms with Gasteiger partial charge in [0.15, 0.2) is 0 Å². The molecule has 2 rings (SSSR count). The van der Waals surface area contributed by atoms with Crippen LogP contribution in [0, 0.1) is 5.92 Å². The van der Waals surface area contributed by atoms with Crippen LogP contribution in [0.5, 0.6) is 0 Å². The summed E-state index contributed by atoms with van der Waals surface area (Å²) in [6.45, 7) is 1.57. The molecule has 3 N–H and O–H groups in total. The highest BCUT2D eigenvalue weighted by Crippen LogP contribution is 2.42. The fourth-order valence-corrected chi connectivity index (χ4v) is 2.47. The van der Waals surface area contributed by atoms with Crippen LogP contribution < -0.4 is 16.0 Å². The topological polar surface area (TPSA) is 70.2 Å². The predicted molar refractivity (Wildman–Crippen MR) is 82.1 cm³/mol. The largest absolute Gasteiger partial charge is 0.416 e. The first-order chi connectivity index (χ1) is 11.2. The van der Waals surface area contributed by atoms with Gasteiger partial charge in [0, 0.05) is 13.1 Å². The van der Waals surface area contributed by atoms with Gasteiger partial charge in [0.2, 0.25) is 5.91 Å². The van der Waals surface area contributed by atoms with Gasteiger partial charge < -0.3 is 5.32 Å². The van der Waals surface area contributed by atoms with Crippen LogP contribution in [0.4, 0.5) is 18.0 Å². The third-order valence-corrected chi connectivity index (χ3v) is 3.95. The zero-order chi connectivity index (χ0) is 17.9. The minimum Gasteiger partial charge on any atom is -0.341 e. The van der Waals surface area contributed by atoms with Crippen LogP contribution >= 0.6 is 0 Å². The lowest BCUT2D eigenvalue weighted by atomic mass is 9.99. The van der Waals surface area contributed by atoms with Gasteiger partial charge in [-0.05, 0) is 43.4 Å². The summed E-state index contributed by atoms with van der Waals surface area (Å²) in [6.07, 6.45) is -2.64. The van der Waals surface area contributed by atoms with Crippen LogP contribution in [0.1, 0.15) is 36.9 Å². The lowest BCUT2D eigenvalue weighted by Crippen LogP contribution is -2.48. The minimum absolute atomic E-state index is 0.184. The summed E-state index contributed by atoms with van der Waals surface area (Å²) in [6, 6.07) is 3.41. The molecule has 1 aliphatic carbocycles. The van der Waals surface area contributed by atoms with Gasteiger partial charge in [-0.2, -0.15) is 13.2 Å². The highest BCUT2D eigenvalue weighted by molar-refractivity contribution is 5.96. The molecule has 0 aliphatic heterocycles. The van der Waals surface area contributed by atoms with E-state index in [-0.39, 0.29) is 12.0 Å². The molecule has 0 bridgehead atoms. The van der Waals surface area contributed by atoms with Crippen molar-refractivity contribution in [2.75, 3.05) is 7.05 Å². The van der Waals surface area contributed by atoms with Crippen molar-refractivity contribution in [2.45, 2.75) is 38.0 Å². The van der Waals surface area contributed by atoms with Gasteiger partial charge in [-0.25, -0.2) is 4.79 Å². The summed E-state index contributed by atoms with van der Waals surface area (Å²) in [7, 11) is 1.39. The van der Waals surface area contributed by atoms with Crippen molar-refractivity contribution < 1.29 is 22.8 Å². The van der Waals surface area contributed by atoms with Gasteiger partial charge in [0.05, 0.1) is 11.6 Å². The summed E-state index contributed by atoms with van der Waals surface area (Å²) in [5, 5.41) is 7.46. The first kappa shape index (κ1) is 18.3. The predicted octanol–water partition coefficient (Wildman–Crippen LogP) is 2.59. The minimum atomic E-state index is -4.41. The van der Waals surface area contributed by atoms with E-state index in [4.69, 9.17) is 0 Å². The fourth-order valence-electron chi connectivity index (χ4n) is 2.47. The molecule has 0 radical (unpaired) electrons. The highest BCUT2D eigenvalue weighted by atomic mass is 19.4. The number of amides is 3. The van der Waals surface area contributed by atoms with Gasteiger partial charge in [-0.15, -0.1) is 0 Å². The third kappa shape index (κ3) is 4.70. The fraction of sp³-hybridized carbons (Fsp3) is 0.500. The Balaban J connectivity index is 2.13. The van der Waals surface area contributed by atoms with E-state index in [9.17, 15) is 22.8 Å². The summed E-state index contributed by atoms with van der Waals surface area (Å²) in [4.78, 5) is 23.1. The molecule has 0 heterocycles. The number of benzene rings is 1. The average molecular weight is 343 g/mol. The van der Waals surface area contributed by atoms with E-state index < -0.39 is 29.7 Å². The summed E-state index contributed by atoms with van der Waals surface area (Å²) >= 11 is 0. The average Bonchev–Trinajstić information content (AvgIpc) is 3.36. The highest BCUT2D eigenvalue weighted by Gasteiger charge is 2.36. The van der Waals surface area contributed by atoms with Crippen LogP contribution in [-0.4, -0.2) is 25.0 Å². The number of rotatable bonds is 5. The van der Waals surface area contributed by atoms with E-state index in [0.717, 1.165) is 25.0 Å². The van der Waals surface area contributed by atoms with Gasteiger partial charge in [-0.1, -0.05) is 12.1 Å². The summed E-state index contributed by atoms with van der Waals surface area (Å²) in [5.74, 6) is -0.351. The van der Waals surface area contributed by atoms with Crippen LogP contribution in [0.15, 0.2) is 24.3 Å². The molecule has 0 unspecified atom stereocenters. The number of carbonyl (C=O) groups is 2. The zero-order valence-electron chi connectivity index (χ0n) is 13.4. The number of nitrogens with one attached hydrogen (secondary N) is 3. The lowest BCUT2D eigenvalue weighted by Gasteiger charge is -2.24. The molecule has 24 heavy (non-hydrogen) atoms. The van der Waals surface area contributed by atoms with Crippen LogP contribution in [-0.2, 0) is 11.0 Å². The molecule has 2 atom stereocenters. The van der Waals surface area contributed by atoms with Crippen molar-refractivity contribution in [3.05, 3.63) is 35.4 Å². The second kappa shape index (κ2) is 7.21. The summed E-state index contributed by atoms with van der Waals surface area (Å²) in [5.41, 5.74) is -0.221. The molecule has 0 saturated heterocycles. The van der Waals surface area contributed by atoms with Crippen molar-refractivity contribution in [1.82, 2.24) is 16.0 Å². The molecular formula is C16H20F3N3O2. The number of alkyl halides is 3. The van der Waals surface area contributed by atoms with Crippen LogP contribution in [0.3, 0.4) is 0 Å². The second-order valence-electron chi connectivity index (χ2n) is 5.90. The number of imide groups is 1. The van der Waals surface area contributed by atoms with Crippen molar-refractivity contribution in [2.24, 2.45) is 5.92 Å². The normalized spacial score (nSPS) is 17.0. The lowest BCUT2D eigenvalue weighted by molar-refractivity contribution is -0.137. The maximum atomic E-state index is 12.9. The van der Waals surface area contributed by atoms with E-state index in [2.05, 4.69) is 16.0 Å². The Hall–Kier alpha value is -2.09. The molecule has 1 saturated carbocycles. The van der Waals surface area contributed by atoms with Crippen molar-refractivity contribution in [3.63, 3.8) is 0 Å². The Kier molecular flexibility index (Phi) is 5.48. The first-order valence-electron chi connectivity index (χ1n) is 7.68. The quantitative estimate of drug-likeness (QED) is 0.770. The number of carbonyl (C=O) groups excluding carboxylic acids is 2. The molecule has 3 amide bonds. The zero-order valence-corrected chi connectivity index (χ0v) is 13.4. The molecule has 132 valence electrons. The maximum absolute atomic E-state index is 12.9. The van der Waals surface area contributed by atoms with E-state index in [0.29, 0.717) is 5.56 Å². The summed E-state index contributed by atoms with van der Waals surface area (Å²) < 4.78 is 38.7. The van der Waals surface area contributed by atoms with E-state index in [1.54, 1.807) is 13.0 Å². The Morgan fingerprint density at radius 3 is 2.46 bits per heavy atom. The molecule has 1 aromatic carbocycles. The van der Waals surface area contributed by atoms with Crippen molar-refractivity contribution >= 4 is 11.9 Å². The van der Waals surface area contributed by atoms with Gasteiger partial charge in [0.25, 0.3) is 0 Å². The number of halogens is 3. The van der Waals surface area contributed by atoms with E-state index >= 15 is 0 Å². The molecule has 1 aliphatic rings. The molecule has 0 aromatic heterocycles. The van der Waals surface area contributed by atoms with Gasteiger partial charge in [-0.3, -0.25) is 15.4 Å². The van der Waals surface area contributed by atoms with Crippen molar-refractivity contribution in [3.8, 4) is 0 Å². The van der Waals surface area contributed by atoms with E-state index in [1.807, 2.05) is 0 Å². The first-order valence-corrected chi connectivity index (χ1v) is 7.68. The molecule has 1 fully saturated rings.